The van der Waals surface area contributed by atoms with Gasteiger partial charge in [0.2, 0.25) is 17.5 Å². The van der Waals surface area contributed by atoms with Gasteiger partial charge in [0.25, 0.3) is 0 Å². The van der Waals surface area contributed by atoms with Crippen molar-refractivity contribution < 1.29 is 19.5 Å². The van der Waals surface area contributed by atoms with Crippen molar-refractivity contribution >= 4 is 28.6 Å². The van der Waals surface area contributed by atoms with Crippen LogP contribution in [-0.4, -0.2) is 45.1 Å². The smallest absolute Gasteiger partial charge is 0.320 e. The molecule has 0 aliphatic carbocycles. The lowest BCUT2D eigenvalue weighted by Gasteiger charge is -2.14. The third kappa shape index (κ3) is 8.00. The number of nitrogens with two attached hydrogens (primary N) is 1. The van der Waals surface area contributed by atoms with Gasteiger partial charge in [-0.2, -0.15) is 0 Å². The molecule has 2 amide bonds. The van der Waals surface area contributed by atoms with Gasteiger partial charge in [0.1, 0.15) is 12.2 Å². The number of carbonyl (C=O) groups is 3. The van der Waals surface area contributed by atoms with E-state index in [4.69, 9.17) is 10.8 Å². The van der Waals surface area contributed by atoms with Gasteiger partial charge in [-0.25, -0.2) is 4.98 Å². The number of fused-ring (bicyclic) bond motifs is 1. The Hall–Kier alpha value is -4.99. The van der Waals surface area contributed by atoms with Crippen LogP contribution >= 0.6 is 0 Å². The average Bonchev–Trinajstić information content (AvgIpc) is 3.40. The van der Waals surface area contributed by atoms with Gasteiger partial charge in [0.05, 0.1) is 21.6 Å². The molecule has 0 aliphatic rings. The first-order valence-corrected chi connectivity index (χ1v) is 12.8. The summed E-state index contributed by atoms with van der Waals surface area (Å²) in [7, 11) is 0. The number of imidazole rings is 1. The van der Waals surface area contributed by atoms with E-state index in [0.717, 1.165) is 21.9 Å². The molecule has 4 N–H and O–H groups in total. The lowest BCUT2D eigenvalue weighted by Crippen LogP contribution is -2.32. The Morgan fingerprint density at radius 3 is 2.55 bits per heavy atom. The Bertz CT molecular complexity index is 1540. The maximum atomic E-state index is 13.1. The maximum absolute atomic E-state index is 13.1. The van der Waals surface area contributed by atoms with E-state index in [1.54, 1.807) is 0 Å². The van der Waals surface area contributed by atoms with Gasteiger partial charge in [-0.05, 0) is 34.7 Å². The molecule has 0 saturated carbocycles. The van der Waals surface area contributed by atoms with Crippen molar-refractivity contribution in [3.05, 3.63) is 102 Å². The quantitative estimate of drug-likeness (QED) is 0.185. The van der Waals surface area contributed by atoms with E-state index in [-0.39, 0.29) is 18.7 Å². The molecule has 0 aliphatic heterocycles. The zero-order valence-corrected chi connectivity index (χ0v) is 21.8. The topological polar surface area (TPSA) is 166 Å². The van der Waals surface area contributed by atoms with Crippen molar-refractivity contribution in [2.45, 2.75) is 31.7 Å². The summed E-state index contributed by atoms with van der Waals surface area (Å²) in [6.45, 7) is 0.448. The molecule has 11 nitrogen and oxygen atoms in total. The number of benzene rings is 3. The van der Waals surface area contributed by atoms with E-state index in [0.29, 0.717) is 25.1 Å². The standard InChI is InChI=1S/C29H29N7O4/c30-26(29(39)40)17-24-18-36(19-32-24)35-34-33-28(38)23(15-22-11-6-10-21-9-4-5-12-25(21)22)16-27(37)31-14-13-20-7-2-1-3-8-20/h1-12,18-19,23,26H,13-17,30H2,(H-,31,37,39,40)/p+1/t23?,26-/m0/s1. The van der Waals surface area contributed by atoms with Crippen LogP contribution in [0.1, 0.15) is 23.2 Å². The molecule has 0 spiro atoms. The fourth-order valence-electron chi connectivity index (χ4n) is 4.28. The van der Waals surface area contributed by atoms with Crippen molar-refractivity contribution in [3.63, 3.8) is 0 Å². The third-order valence-electron chi connectivity index (χ3n) is 6.36. The summed E-state index contributed by atoms with van der Waals surface area (Å²) in [4.78, 5) is 44.6. The molecular formula is C29H30N7O4+. The Morgan fingerprint density at radius 2 is 1.75 bits per heavy atom. The largest absolute Gasteiger partial charge is 0.480 e. The van der Waals surface area contributed by atoms with Crippen LogP contribution in [0.25, 0.3) is 10.8 Å². The van der Waals surface area contributed by atoms with Gasteiger partial charge in [0.15, 0.2) is 0 Å². The van der Waals surface area contributed by atoms with Crippen LogP contribution in [-0.2, 0) is 33.6 Å². The molecule has 1 aromatic heterocycles. The summed E-state index contributed by atoms with van der Waals surface area (Å²) in [5.74, 6) is -2.73. The Balaban J connectivity index is 1.46. The van der Waals surface area contributed by atoms with E-state index < -0.39 is 23.8 Å². The van der Waals surface area contributed by atoms with Gasteiger partial charge in [0, 0.05) is 19.4 Å². The molecule has 4 aromatic rings. The van der Waals surface area contributed by atoms with Gasteiger partial charge >= 0.3 is 11.9 Å². The molecule has 4 rings (SSSR count). The molecule has 2 atom stereocenters. The molecule has 204 valence electrons. The molecule has 0 bridgehead atoms. The minimum Gasteiger partial charge on any atom is -0.480 e. The van der Waals surface area contributed by atoms with Crippen LogP contribution in [0, 0.1) is 5.92 Å². The van der Waals surface area contributed by atoms with Crippen LogP contribution in [0.15, 0.2) is 95.7 Å². The summed E-state index contributed by atoms with van der Waals surface area (Å²) in [5.41, 5.74) is 7.97. The van der Waals surface area contributed by atoms with Crippen molar-refractivity contribution in [1.82, 2.24) is 19.9 Å². The maximum Gasteiger partial charge on any atom is 0.320 e. The zero-order valence-electron chi connectivity index (χ0n) is 21.8. The predicted molar refractivity (Wildman–Crippen MR) is 148 cm³/mol. The number of aromatic nitrogens is 2. The van der Waals surface area contributed by atoms with Crippen molar-refractivity contribution in [3.8, 4) is 0 Å². The minimum absolute atomic E-state index is 0.0143. The second-order valence-corrected chi connectivity index (χ2v) is 9.34. The van der Waals surface area contributed by atoms with Crippen LogP contribution in [0.2, 0.25) is 0 Å². The molecule has 11 heteroatoms. The third-order valence-corrected chi connectivity index (χ3v) is 6.36. The number of carboxylic acids is 1. The van der Waals surface area contributed by atoms with E-state index in [9.17, 15) is 14.4 Å². The number of hydrogen-bond acceptors (Lipinski definition) is 6. The number of rotatable bonds is 12. The number of nitrogens with one attached hydrogen (secondary N) is 1. The number of amides is 2. The van der Waals surface area contributed by atoms with Gasteiger partial charge < -0.3 is 16.2 Å². The Labute approximate surface area is 230 Å². The summed E-state index contributed by atoms with van der Waals surface area (Å²) in [6, 6.07) is 22.4. The van der Waals surface area contributed by atoms with Gasteiger partial charge in [-0.15, -0.1) is 0 Å². The van der Waals surface area contributed by atoms with Crippen molar-refractivity contribution in [1.29, 1.82) is 0 Å². The molecule has 1 unspecified atom stereocenters. The molecule has 1 heterocycles. The molecule has 0 fully saturated rings. The first-order valence-electron chi connectivity index (χ1n) is 12.8. The molecule has 0 radical (unpaired) electrons. The second-order valence-electron chi connectivity index (χ2n) is 9.34. The first-order chi connectivity index (χ1) is 19.4. The number of hydrogen-bond donors (Lipinski definition) is 3. The summed E-state index contributed by atoms with van der Waals surface area (Å²) in [5, 5.41) is 21.5. The van der Waals surface area contributed by atoms with E-state index >= 15 is 0 Å². The normalized spacial score (nSPS) is 12.2. The molecule has 40 heavy (non-hydrogen) atoms. The van der Waals surface area contributed by atoms with E-state index in [1.807, 2.05) is 72.8 Å². The number of nitrogens with zero attached hydrogens (tertiary/aromatic N) is 5. The number of carboxylic acid groups (broad SMARTS) is 1. The molecular weight excluding hydrogens is 510 g/mol. The Morgan fingerprint density at radius 1 is 1.00 bits per heavy atom. The number of carbonyl (C=O) groups excluding carboxylic acids is 2. The predicted octanol–water partition coefficient (Wildman–Crippen LogP) is 2.86. The van der Waals surface area contributed by atoms with Crippen molar-refractivity contribution in [2.24, 2.45) is 22.0 Å². The highest BCUT2D eigenvalue weighted by Gasteiger charge is 2.25. The number of aliphatic carboxylic acids is 1. The second kappa shape index (κ2) is 13.7. The molecule has 3 aromatic carbocycles. The van der Waals surface area contributed by atoms with E-state index in [2.05, 4.69) is 25.5 Å². The fraction of sp³-hybridized carbons (Fsp3) is 0.241. The fourth-order valence-corrected chi connectivity index (χ4v) is 4.28. The van der Waals surface area contributed by atoms with Gasteiger partial charge in [-0.1, -0.05) is 77.5 Å². The summed E-state index contributed by atoms with van der Waals surface area (Å²) < 4.78 is 1.21. The lowest BCUT2D eigenvalue weighted by atomic mass is 9.92. The average molecular weight is 541 g/mol. The highest BCUT2D eigenvalue weighted by molar-refractivity contribution is 5.89. The summed E-state index contributed by atoms with van der Waals surface area (Å²) >= 11 is 0. The van der Waals surface area contributed by atoms with Crippen LogP contribution in [0.5, 0.6) is 0 Å². The zero-order chi connectivity index (χ0) is 28.3. The van der Waals surface area contributed by atoms with E-state index in [1.165, 1.54) is 17.2 Å². The SMILES string of the molecule is N[C@@H](Cc1cn(N=[N+]=NC(=O)C(CC(=O)NCCc2ccccc2)Cc2cccc3ccccc23)cn1)C(=O)O. The first kappa shape index (κ1) is 28.0. The minimum atomic E-state index is -1.14. The summed E-state index contributed by atoms with van der Waals surface area (Å²) in [6.07, 6.45) is 3.69. The lowest BCUT2D eigenvalue weighted by molar-refractivity contribution is -0.138. The van der Waals surface area contributed by atoms with Crippen LogP contribution in [0.4, 0.5) is 0 Å². The van der Waals surface area contributed by atoms with Crippen LogP contribution in [0.3, 0.4) is 0 Å². The van der Waals surface area contributed by atoms with Crippen LogP contribution < -0.4 is 16.0 Å². The highest BCUT2D eigenvalue weighted by atomic mass is 16.4. The Kier molecular flexibility index (Phi) is 9.60. The monoisotopic (exact) mass is 540 g/mol. The molecule has 0 saturated heterocycles. The van der Waals surface area contributed by atoms with Gasteiger partial charge in [-0.3, -0.25) is 14.4 Å². The van der Waals surface area contributed by atoms with Crippen molar-refractivity contribution in [2.75, 3.05) is 6.54 Å². The highest BCUT2D eigenvalue weighted by Crippen LogP contribution is 2.23.